The molecule has 0 N–H and O–H groups in total. The molecule has 0 atom stereocenters. The number of hydrogen-bond donors (Lipinski definition) is 0. The molecule has 1 aromatic carbocycles. The summed E-state index contributed by atoms with van der Waals surface area (Å²) in [5, 5.41) is 1.48. The first-order valence-corrected chi connectivity index (χ1v) is 14.0. The lowest BCUT2D eigenvalue weighted by molar-refractivity contribution is -0.656. The lowest BCUT2D eigenvalue weighted by atomic mass is 10.0. The van der Waals surface area contributed by atoms with E-state index in [1.54, 1.807) is 0 Å². The van der Waals surface area contributed by atoms with Crippen LogP contribution in [-0.4, -0.2) is 13.1 Å². The molecule has 1 aliphatic heterocycles. The second-order valence-corrected chi connectivity index (χ2v) is 10.6. The normalized spacial score (nSPS) is 13.2. The Kier molecular flexibility index (Phi) is 10.9. The second-order valence-electron chi connectivity index (χ2n) is 9.39. The predicted octanol–water partition coefficient (Wildman–Crippen LogP) is 8.31. The Balaban J connectivity index is 1.24. The van der Waals surface area contributed by atoms with Crippen LogP contribution in [0.1, 0.15) is 102 Å². The molecule has 3 heteroatoms. The van der Waals surface area contributed by atoms with Crippen molar-refractivity contribution in [2.24, 2.45) is 0 Å². The maximum atomic E-state index is 2.63. The van der Waals surface area contributed by atoms with Crippen molar-refractivity contribution in [1.82, 2.24) is 0 Å². The number of rotatable bonds is 16. The van der Waals surface area contributed by atoms with Crippen LogP contribution >= 0.6 is 11.3 Å². The van der Waals surface area contributed by atoms with Crippen LogP contribution in [0.2, 0.25) is 0 Å². The summed E-state index contributed by atoms with van der Waals surface area (Å²) in [4.78, 5) is 4.08. The molecule has 0 saturated carbocycles. The van der Waals surface area contributed by atoms with Gasteiger partial charge in [-0.05, 0) is 19.8 Å². The summed E-state index contributed by atoms with van der Waals surface area (Å²) in [5.41, 5.74) is 2.80. The van der Waals surface area contributed by atoms with E-state index in [0.29, 0.717) is 0 Å². The van der Waals surface area contributed by atoms with Gasteiger partial charge in [-0.1, -0.05) is 126 Å². The number of aryl methyl sites for hydroxylation is 1. The quantitative estimate of drug-likeness (QED) is 0.188. The van der Waals surface area contributed by atoms with Gasteiger partial charge in [0.05, 0.1) is 11.4 Å². The molecule has 2 aromatic rings. The van der Waals surface area contributed by atoms with Crippen LogP contribution in [0.3, 0.4) is 0 Å². The van der Waals surface area contributed by atoms with Gasteiger partial charge in [-0.15, -0.1) is 0 Å². The first-order chi connectivity index (χ1) is 15.3. The smallest absolute Gasteiger partial charge is 0.248 e. The SMILES string of the molecule is CCCCCCCCCCCCCCCCN1CC[n+]2c1sc(C)c2-c1ccccc1. The molecule has 31 heavy (non-hydrogen) atoms. The van der Waals surface area contributed by atoms with E-state index in [9.17, 15) is 0 Å². The van der Waals surface area contributed by atoms with Gasteiger partial charge in [-0.2, -0.15) is 0 Å². The Hall–Kier alpha value is -1.35. The fourth-order valence-electron chi connectivity index (χ4n) is 4.94. The minimum Gasteiger partial charge on any atom is -0.248 e. The largest absolute Gasteiger partial charge is 0.336 e. The van der Waals surface area contributed by atoms with Crippen molar-refractivity contribution in [2.75, 3.05) is 18.0 Å². The van der Waals surface area contributed by atoms with Gasteiger partial charge < -0.3 is 0 Å². The molecule has 0 unspecified atom stereocenters. The number of thiazole rings is 1. The van der Waals surface area contributed by atoms with Crippen LogP contribution in [0.25, 0.3) is 11.3 Å². The number of hydrogen-bond acceptors (Lipinski definition) is 2. The first kappa shape index (κ1) is 24.3. The number of aromatic nitrogens is 1. The average molecular weight is 442 g/mol. The molecule has 0 spiro atoms. The maximum Gasteiger partial charge on any atom is 0.336 e. The third-order valence-corrected chi connectivity index (χ3v) is 7.93. The summed E-state index contributed by atoms with van der Waals surface area (Å²) in [6.45, 7) is 8.13. The van der Waals surface area contributed by atoms with Gasteiger partial charge in [0.1, 0.15) is 18.8 Å². The highest BCUT2D eigenvalue weighted by Crippen LogP contribution is 2.33. The van der Waals surface area contributed by atoms with Crippen LogP contribution in [0, 0.1) is 6.92 Å². The van der Waals surface area contributed by atoms with E-state index in [1.165, 1.54) is 124 Å². The summed E-state index contributed by atoms with van der Waals surface area (Å²) in [5.74, 6) is 0. The van der Waals surface area contributed by atoms with Crippen molar-refractivity contribution in [3.8, 4) is 11.3 Å². The van der Waals surface area contributed by atoms with E-state index >= 15 is 0 Å². The molecule has 2 nitrogen and oxygen atoms in total. The van der Waals surface area contributed by atoms with Gasteiger partial charge in [0, 0.05) is 5.56 Å². The van der Waals surface area contributed by atoms with Crippen molar-refractivity contribution in [1.29, 1.82) is 0 Å². The van der Waals surface area contributed by atoms with Gasteiger partial charge >= 0.3 is 5.13 Å². The topological polar surface area (TPSA) is 7.12 Å². The second kappa shape index (κ2) is 13.9. The fourth-order valence-corrected chi connectivity index (χ4v) is 6.15. The molecule has 0 aliphatic carbocycles. The molecule has 2 heterocycles. The van der Waals surface area contributed by atoms with Crippen LogP contribution in [0.5, 0.6) is 0 Å². The maximum absolute atomic E-state index is 2.63. The van der Waals surface area contributed by atoms with Crippen molar-refractivity contribution in [3.63, 3.8) is 0 Å². The summed E-state index contributed by atoms with van der Waals surface area (Å²) in [6.07, 6.45) is 20.1. The van der Waals surface area contributed by atoms with Gasteiger partial charge in [-0.3, -0.25) is 0 Å². The summed E-state index contributed by atoms with van der Waals surface area (Å²) >= 11 is 1.98. The average Bonchev–Trinajstić information content (AvgIpc) is 3.32. The number of unbranched alkanes of at least 4 members (excludes halogenated alkanes) is 13. The Morgan fingerprint density at radius 3 is 1.90 bits per heavy atom. The standard InChI is InChI=1S/C28H45N2S/c1-3-4-5-6-7-8-9-10-11-12-13-14-15-19-22-29-23-24-30-27(25(2)31-28(29)30)26-20-17-16-18-21-26/h16-18,20-21H,3-15,19,22-24H2,1-2H3/q+1. The van der Waals surface area contributed by atoms with Crippen LogP contribution in [0.15, 0.2) is 30.3 Å². The van der Waals surface area contributed by atoms with E-state index < -0.39 is 0 Å². The van der Waals surface area contributed by atoms with E-state index in [1.807, 2.05) is 11.3 Å². The summed E-state index contributed by atoms with van der Waals surface area (Å²) in [7, 11) is 0. The molecule has 0 radical (unpaired) electrons. The monoisotopic (exact) mass is 441 g/mol. The Morgan fingerprint density at radius 2 is 1.32 bits per heavy atom. The molecular weight excluding hydrogens is 396 g/mol. The molecule has 0 saturated heterocycles. The van der Waals surface area contributed by atoms with E-state index in [4.69, 9.17) is 0 Å². The third kappa shape index (κ3) is 7.63. The molecule has 0 fully saturated rings. The van der Waals surface area contributed by atoms with E-state index in [-0.39, 0.29) is 0 Å². The number of fused-ring (bicyclic) bond motifs is 1. The lowest BCUT2D eigenvalue weighted by Gasteiger charge is -2.08. The molecule has 1 aliphatic rings. The third-order valence-electron chi connectivity index (χ3n) is 6.77. The Labute approximate surface area is 195 Å². The zero-order valence-electron chi connectivity index (χ0n) is 20.2. The first-order valence-electron chi connectivity index (χ1n) is 13.1. The molecular formula is C28H45N2S+. The fraction of sp³-hybridized carbons (Fsp3) is 0.679. The minimum atomic E-state index is 1.14. The number of anilines is 1. The number of nitrogens with zero attached hydrogens (tertiary/aromatic N) is 2. The molecule has 0 bridgehead atoms. The minimum absolute atomic E-state index is 1.14. The van der Waals surface area contributed by atoms with Crippen molar-refractivity contribution < 1.29 is 4.57 Å². The van der Waals surface area contributed by atoms with E-state index in [2.05, 4.69) is 53.6 Å². The van der Waals surface area contributed by atoms with E-state index in [0.717, 1.165) is 6.54 Å². The highest BCUT2D eigenvalue weighted by Gasteiger charge is 2.33. The Morgan fingerprint density at radius 1 is 0.774 bits per heavy atom. The van der Waals surface area contributed by atoms with Gasteiger partial charge in [0.15, 0.2) is 0 Å². The zero-order valence-corrected chi connectivity index (χ0v) is 21.0. The van der Waals surface area contributed by atoms with Crippen LogP contribution in [0.4, 0.5) is 5.13 Å². The van der Waals surface area contributed by atoms with Crippen LogP contribution < -0.4 is 9.47 Å². The predicted molar refractivity (Wildman–Crippen MR) is 137 cm³/mol. The summed E-state index contributed by atoms with van der Waals surface area (Å²) < 4.78 is 2.55. The van der Waals surface area contributed by atoms with Gasteiger partial charge in [0.25, 0.3) is 0 Å². The molecule has 1 aromatic heterocycles. The van der Waals surface area contributed by atoms with Gasteiger partial charge in [-0.25, -0.2) is 9.47 Å². The highest BCUT2D eigenvalue weighted by atomic mass is 32.1. The zero-order chi connectivity index (χ0) is 21.7. The summed E-state index contributed by atoms with van der Waals surface area (Å²) in [6, 6.07) is 10.9. The van der Waals surface area contributed by atoms with Crippen LogP contribution in [-0.2, 0) is 6.54 Å². The molecule has 3 rings (SSSR count). The van der Waals surface area contributed by atoms with Gasteiger partial charge in [0.2, 0.25) is 0 Å². The lowest BCUT2D eigenvalue weighted by Crippen LogP contribution is -2.31. The Bertz CT molecular complexity index is 737. The number of benzene rings is 1. The van der Waals surface area contributed by atoms with Crippen molar-refractivity contribution >= 4 is 16.5 Å². The van der Waals surface area contributed by atoms with Crippen molar-refractivity contribution in [3.05, 3.63) is 35.2 Å². The molecule has 0 amide bonds. The highest BCUT2D eigenvalue weighted by molar-refractivity contribution is 7.15. The molecule has 172 valence electrons. The van der Waals surface area contributed by atoms with Crippen molar-refractivity contribution in [2.45, 2.75) is 110 Å².